The summed E-state index contributed by atoms with van der Waals surface area (Å²) in [4.78, 5) is 0. The van der Waals surface area contributed by atoms with Crippen LogP contribution in [-0.2, 0) is 0 Å². The Bertz CT molecular complexity index is 7540. The first kappa shape index (κ1) is 66.2. The summed E-state index contributed by atoms with van der Waals surface area (Å²) in [6.45, 7) is 0. The lowest BCUT2D eigenvalue weighted by Gasteiger charge is -2.11. The van der Waals surface area contributed by atoms with Crippen LogP contribution in [0.1, 0.15) is 0 Å². The molecule has 0 aliphatic rings. The summed E-state index contributed by atoms with van der Waals surface area (Å²) in [6, 6.07) is 150. The number of benzene rings is 18. The summed E-state index contributed by atoms with van der Waals surface area (Å²) in [5.41, 5.74) is 28.9. The third-order valence-electron chi connectivity index (χ3n) is 22.8. The van der Waals surface area contributed by atoms with E-state index in [1.54, 1.807) is 0 Å². The van der Waals surface area contributed by atoms with E-state index >= 15 is 0 Å². The minimum atomic E-state index is 0.922. The molecule has 0 fully saturated rings. The molecule has 0 amide bonds. The Morgan fingerprint density at radius 2 is 0.491 bits per heavy atom. The number of aromatic nitrogens is 3. The molecule has 18 aromatic carbocycles. The molecular formula is C108H69N3O2S. The lowest BCUT2D eigenvalue weighted by Crippen LogP contribution is -1.94. The molecule has 24 aromatic rings. The Balaban J connectivity index is 0.000000104. The third-order valence-corrected chi connectivity index (χ3v) is 24.0. The van der Waals surface area contributed by atoms with Gasteiger partial charge in [-0.25, -0.2) is 0 Å². The second-order valence-electron chi connectivity index (χ2n) is 29.3. The maximum atomic E-state index is 6.36. The van der Waals surface area contributed by atoms with E-state index in [9.17, 15) is 0 Å². The fraction of sp³-hybridized carbons (Fsp3) is 0. The number of thiophene rings is 1. The summed E-state index contributed by atoms with van der Waals surface area (Å²) in [5, 5.41) is 14.8. The second kappa shape index (κ2) is 27.6. The number of nitrogens with zero attached hydrogens (tertiary/aromatic N) is 3. The molecule has 0 bridgehead atoms. The van der Waals surface area contributed by atoms with Gasteiger partial charge in [0, 0.05) is 102 Å². The van der Waals surface area contributed by atoms with Crippen LogP contribution in [0.2, 0.25) is 0 Å². The average Bonchev–Trinajstić information content (AvgIpc) is 1.59. The zero-order valence-electron chi connectivity index (χ0n) is 61.9. The fourth-order valence-electron chi connectivity index (χ4n) is 17.5. The molecular weight excluding hydrogens is 1400 g/mol. The molecule has 6 heterocycles. The summed E-state index contributed by atoms with van der Waals surface area (Å²) in [5.74, 6) is 0. The highest BCUT2D eigenvalue weighted by Crippen LogP contribution is 2.46. The molecule has 5 nitrogen and oxygen atoms in total. The van der Waals surface area contributed by atoms with E-state index in [1.807, 2.05) is 35.6 Å². The highest BCUT2D eigenvalue weighted by atomic mass is 32.1. The van der Waals surface area contributed by atoms with Crippen molar-refractivity contribution in [3.8, 4) is 83.8 Å². The zero-order valence-corrected chi connectivity index (χ0v) is 62.7. The first-order valence-electron chi connectivity index (χ1n) is 38.8. The van der Waals surface area contributed by atoms with Gasteiger partial charge < -0.3 is 22.5 Å². The first-order chi connectivity index (χ1) is 56.5. The smallest absolute Gasteiger partial charge is 0.143 e. The van der Waals surface area contributed by atoms with Crippen LogP contribution >= 0.6 is 11.3 Å². The van der Waals surface area contributed by atoms with E-state index in [1.165, 1.54) is 136 Å². The lowest BCUT2D eigenvalue weighted by molar-refractivity contribution is 0.669. The molecule has 534 valence electrons. The van der Waals surface area contributed by atoms with Gasteiger partial charge >= 0.3 is 0 Å². The molecule has 0 aliphatic heterocycles. The number of para-hydroxylation sites is 7. The van der Waals surface area contributed by atoms with Crippen molar-refractivity contribution in [2.45, 2.75) is 0 Å². The van der Waals surface area contributed by atoms with Crippen molar-refractivity contribution in [1.82, 2.24) is 13.7 Å². The van der Waals surface area contributed by atoms with Gasteiger partial charge in [-0.15, -0.1) is 11.3 Å². The van der Waals surface area contributed by atoms with Gasteiger partial charge in [-0.1, -0.05) is 309 Å². The van der Waals surface area contributed by atoms with Gasteiger partial charge in [0.2, 0.25) is 0 Å². The zero-order chi connectivity index (χ0) is 75.2. The molecule has 114 heavy (non-hydrogen) atoms. The monoisotopic (exact) mass is 1470 g/mol. The lowest BCUT2D eigenvalue weighted by atomic mass is 10.0. The molecule has 0 unspecified atom stereocenters. The summed E-state index contributed by atoms with van der Waals surface area (Å²) in [6.07, 6.45) is 0. The van der Waals surface area contributed by atoms with Crippen LogP contribution in [0.3, 0.4) is 0 Å². The summed E-state index contributed by atoms with van der Waals surface area (Å²) in [7, 11) is 0. The Morgan fingerprint density at radius 3 is 0.956 bits per heavy atom. The molecule has 6 heteroatoms. The molecule has 0 radical (unpaired) electrons. The largest absolute Gasteiger partial charge is 0.455 e. The van der Waals surface area contributed by atoms with Crippen LogP contribution in [-0.4, -0.2) is 13.7 Å². The number of rotatable bonds is 9. The highest BCUT2D eigenvalue weighted by molar-refractivity contribution is 7.26. The number of fused-ring (bicyclic) bond motifs is 18. The van der Waals surface area contributed by atoms with Crippen LogP contribution in [0.15, 0.2) is 427 Å². The number of furan rings is 2. The van der Waals surface area contributed by atoms with E-state index in [-0.39, 0.29) is 0 Å². The van der Waals surface area contributed by atoms with Crippen molar-refractivity contribution < 1.29 is 8.83 Å². The molecule has 6 aromatic heterocycles. The summed E-state index contributed by atoms with van der Waals surface area (Å²) < 4.78 is 22.6. The Labute approximate surface area is 661 Å². The topological polar surface area (TPSA) is 41.1 Å². The number of hydrogen-bond acceptors (Lipinski definition) is 3. The molecule has 0 spiro atoms. The van der Waals surface area contributed by atoms with Crippen molar-refractivity contribution in [3.63, 3.8) is 0 Å². The predicted octanol–water partition coefficient (Wildman–Crippen LogP) is 30.5. The van der Waals surface area contributed by atoms with Crippen molar-refractivity contribution in [2.75, 3.05) is 0 Å². The fourth-order valence-corrected chi connectivity index (χ4v) is 18.8. The van der Waals surface area contributed by atoms with Crippen molar-refractivity contribution in [2.24, 2.45) is 0 Å². The van der Waals surface area contributed by atoms with Crippen LogP contribution in [0.5, 0.6) is 0 Å². The third kappa shape index (κ3) is 11.3. The summed E-state index contributed by atoms with van der Waals surface area (Å²) >= 11 is 1.89. The average molecular weight is 1470 g/mol. The van der Waals surface area contributed by atoms with E-state index < -0.39 is 0 Å². The van der Waals surface area contributed by atoms with Crippen LogP contribution in [0.25, 0.3) is 213 Å². The first-order valence-corrected chi connectivity index (χ1v) is 39.7. The predicted molar refractivity (Wildman–Crippen MR) is 482 cm³/mol. The minimum Gasteiger partial charge on any atom is -0.455 e. The van der Waals surface area contributed by atoms with Crippen LogP contribution < -0.4 is 0 Å². The van der Waals surface area contributed by atoms with Gasteiger partial charge in [-0.05, 0) is 165 Å². The molecule has 0 saturated heterocycles. The van der Waals surface area contributed by atoms with Gasteiger partial charge in [-0.3, -0.25) is 0 Å². The molecule has 0 aliphatic carbocycles. The normalized spacial score (nSPS) is 11.7. The van der Waals surface area contributed by atoms with Gasteiger partial charge in [0.1, 0.15) is 22.3 Å². The molecule has 0 atom stereocenters. The van der Waals surface area contributed by atoms with E-state index in [4.69, 9.17) is 8.83 Å². The maximum absolute atomic E-state index is 6.36. The van der Waals surface area contributed by atoms with Gasteiger partial charge in [0.05, 0.1) is 33.1 Å². The van der Waals surface area contributed by atoms with E-state index in [0.717, 1.165) is 77.5 Å². The Morgan fingerprint density at radius 1 is 0.175 bits per heavy atom. The molecule has 0 saturated carbocycles. The Hall–Kier alpha value is -14.8. The highest BCUT2D eigenvalue weighted by Gasteiger charge is 2.22. The van der Waals surface area contributed by atoms with E-state index in [0.29, 0.717) is 0 Å². The van der Waals surface area contributed by atoms with Crippen molar-refractivity contribution >= 4 is 141 Å². The number of hydrogen-bond donors (Lipinski definition) is 0. The van der Waals surface area contributed by atoms with Gasteiger partial charge in [-0.2, -0.15) is 0 Å². The van der Waals surface area contributed by atoms with E-state index in [2.05, 4.69) is 408 Å². The maximum Gasteiger partial charge on any atom is 0.143 e. The van der Waals surface area contributed by atoms with Crippen molar-refractivity contribution in [1.29, 1.82) is 0 Å². The second-order valence-corrected chi connectivity index (χ2v) is 30.4. The van der Waals surface area contributed by atoms with Crippen LogP contribution in [0, 0.1) is 0 Å². The molecule has 0 N–H and O–H groups in total. The quantitative estimate of drug-likeness (QED) is 0.145. The minimum absolute atomic E-state index is 0.922. The molecule has 24 rings (SSSR count). The van der Waals surface area contributed by atoms with Crippen molar-refractivity contribution in [3.05, 3.63) is 419 Å². The van der Waals surface area contributed by atoms with Gasteiger partial charge in [0.25, 0.3) is 0 Å². The van der Waals surface area contributed by atoms with Gasteiger partial charge in [0.15, 0.2) is 0 Å². The standard InChI is InChI=1S/2C36H23NO.C36H23NS/c1-2-10-24(11-3-1)25-12-8-13-27(22-25)37-33-18-6-4-14-29(33)32-23-26(20-21-34(32)37)28-16-9-17-31-30-15-5-7-19-35(30)38-36(28)31;1-2-9-24(10-3-1)25-17-20-27(21-18-25)37-33-15-6-4-11-29(33)32-23-26(19-22-34(32)37)28-13-8-14-31-30-12-5-7-16-35(30)38-36(28)31;1-2-10-24(11-3-1)25-12-8-13-27(22-25)37-33-18-6-4-14-29(33)32-23-26(20-21-34(32)37)28-16-9-17-31-30-15-5-7-19-35(30)38-36(28)31/h3*1-23H. The SMILES string of the molecule is c1ccc(-c2ccc(-n3c4ccccc4c4cc(-c5cccc6c5oc5ccccc56)ccc43)cc2)cc1.c1ccc(-c2cccc(-n3c4ccccc4c4cc(-c5cccc6c5oc5ccccc56)ccc43)c2)cc1.c1ccc(-c2cccc(-n3c4ccccc4c4cc(-c5cccc6c5sc5ccccc56)ccc43)c2)cc1. The Kier molecular flexibility index (Phi) is 16.0. The van der Waals surface area contributed by atoms with Crippen LogP contribution in [0.4, 0.5) is 0 Å².